The molecule has 7 heteroatoms. The highest BCUT2D eigenvalue weighted by Crippen LogP contribution is 2.09. The predicted octanol–water partition coefficient (Wildman–Crippen LogP) is 1.33. The number of hydrogen-bond donors (Lipinski definition) is 2. The molecule has 0 saturated heterocycles. The first kappa shape index (κ1) is 11.8. The largest absolute Gasteiger partial charge is 0.478 e. The first-order valence-electron chi connectivity index (χ1n) is 5.00. The number of rotatable bonds is 3. The Morgan fingerprint density at radius 3 is 2.67 bits per heavy atom. The second-order valence-corrected chi connectivity index (χ2v) is 3.47. The third-order valence-electron chi connectivity index (χ3n) is 2.23. The van der Waals surface area contributed by atoms with Gasteiger partial charge in [-0.1, -0.05) is 5.16 Å². The molecule has 7 nitrogen and oxygen atoms in total. The highest BCUT2D eigenvalue weighted by atomic mass is 16.5. The fourth-order valence-electron chi connectivity index (χ4n) is 1.37. The number of aryl methyl sites for hydroxylation is 1. The smallest absolute Gasteiger partial charge is 0.337 e. The zero-order valence-electron chi connectivity index (χ0n) is 9.38. The van der Waals surface area contributed by atoms with E-state index >= 15 is 0 Å². The van der Waals surface area contributed by atoms with Crippen LogP contribution in [0.1, 0.15) is 26.5 Å². The molecule has 0 unspecified atom stereocenters. The number of hydrogen-bond acceptors (Lipinski definition) is 5. The van der Waals surface area contributed by atoms with Crippen LogP contribution in [0, 0.1) is 6.92 Å². The molecule has 0 atom stereocenters. The van der Waals surface area contributed by atoms with Crippen molar-refractivity contribution in [3.8, 4) is 0 Å². The van der Waals surface area contributed by atoms with Gasteiger partial charge in [0.1, 0.15) is 12.0 Å². The van der Waals surface area contributed by atoms with Crippen LogP contribution in [0.25, 0.3) is 0 Å². The Bertz CT molecular complexity index is 592. The summed E-state index contributed by atoms with van der Waals surface area (Å²) in [4.78, 5) is 26.5. The van der Waals surface area contributed by atoms with E-state index in [-0.39, 0.29) is 22.8 Å². The molecule has 92 valence electrons. The Balaban J connectivity index is 2.21. The third-order valence-corrected chi connectivity index (χ3v) is 2.23. The molecule has 0 fully saturated rings. The van der Waals surface area contributed by atoms with Crippen LogP contribution < -0.4 is 5.32 Å². The number of carboxylic acid groups (broad SMARTS) is 1. The van der Waals surface area contributed by atoms with E-state index in [4.69, 9.17) is 5.11 Å². The molecule has 0 aliphatic heterocycles. The van der Waals surface area contributed by atoms with Gasteiger partial charge in [-0.3, -0.25) is 4.79 Å². The number of nitrogens with zero attached hydrogens (tertiary/aromatic N) is 2. The average molecular weight is 247 g/mol. The van der Waals surface area contributed by atoms with Gasteiger partial charge in [-0.2, -0.15) is 0 Å². The molecule has 0 radical (unpaired) electrons. The summed E-state index contributed by atoms with van der Waals surface area (Å²) in [5.74, 6) is -1.30. The summed E-state index contributed by atoms with van der Waals surface area (Å²) in [5, 5.41) is 14.8. The molecule has 0 aliphatic rings. The van der Waals surface area contributed by atoms with E-state index in [0.717, 1.165) is 0 Å². The van der Waals surface area contributed by atoms with Gasteiger partial charge in [0.2, 0.25) is 0 Å². The average Bonchev–Trinajstić information content (AvgIpc) is 2.81. The fraction of sp³-hybridized carbons (Fsp3) is 0.0909. The van der Waals surface area contributed by atoms with Gasteiger partial charge >= 0.3 is 5.97 Å². The van der Waals surface area contributed by atoms with E-state index in [2.05, 4.69) is 20.0 Å². The summed E-state index contributed by atoms with van der Waals surface area (Å²) in [5.41, 5.74) is 0.448. The van der Waals surface area contributed by atoms with Crippen LogP contribution in [0.15, 0.2) is 29.0 Å². The lowest BCUT2D eigenvalue weighted by Gasteiger charge is -2.04. The number of amides is 1. The SMILES string of the molecule is Cc1nc(C(=O)Nc2ccon2)ccc1C(=O)O. The summed E-state index contributed by atoms with van der Waals surface area (Å²) in [6.45, 7) is 1.52. The van der Waals surface area contributed by atoms with Gasteiger partial charge in [0.05, 0.1) is 11.3 Å². The molecule has 18 heavy (non-hydrogen) atoms. The summed E-state index contributed by atoms with van der Waals surface area (Å²) >= 11 is 0. The second-order valence-electron chi connectivity index (χ2n) is 3.47. The first-order chi connectivity index (χ1) is 8.58. The van der Waals surface area contributed by atoms with Crippen LogP contribution in [0.3, 0.4) is 0 Å². The third kappa shape index (κ3) is 2.34. The molecule has 2 heterocycles. The minimum atomic E-state index is -1.08. The van der Waals surface area contributed by atoms with Gasteiger partial charge in [-0.15, -0.1) is 0 Å². The lowest BCUT2D eigenvalue weighted by molar-refractivity contribution is 0.0695. The van der Waals surface area contributed by atoms with Crippen molar-refractivity contribution in [2.24, 2.45) is 0 Å². The van der Waals surface area contributed by atoms with E-state index < -0.39 is 11.9 Å². The maximum atomic E-state index is 11.7. The van der Waals surface area contributed by atoms with Crippen molar-refractivity contribution >= 4 is 17.7 Å². The minimum Gasteiger partial charge on any atom is -0.478 e. The van der Waals surface area contributed by atoms with Crippen molar-refractivity contribution < 1.29 is 19.2 Å². The Labute approximate surface area is 101 Å². The molecular weight excluding hydrogens is 238 g/mol. The summed E-state index contributed by atoms with van der Waals surface area (Å²) in [7, 11) is 0. The van der Waals surface area contributed by atoms with Crippen LogP contribution in [0.4, 0.5) is 5.82 Å². The molecule has 0 saturated carbocycles. The molecule has 1 amide bonds. The molecule has 0 aromatic carbocycles. The van der Waals surface area contributed by atoms with Crippen molar-refractivity contribution in [2.75, 3.05) is 5.32 Å². The number of carbonyl (C=O) groups excluding carboxylic acids is 1. The topological polar surface area (TPSA) is 105 Å². The number of carbonyl (C=O) groups is 2. The molecular formula is C11H9N3O4. The lowest BCUT2D eigenvalue weighted by atomic mass is 10.2. The maximum Gasteiger partial charge on any atom is 0.337 e. The van der Waals surface area contributed by atoms with E-state index in [1.54, 1.807) is 0 Å². The molecule has 2 N–H and O–H groups in total. The van der Waals surface area contributed by atoms with Crippen LogP contribution >= 0.6 is 0 Å². The van der Waals surface area contributed by atoms with Crippen molar-refractivity contribution in [1.29, 1.82) is 0 Å². The van der Waals surface area contributed by atoms with E-state index in [1.165, 1.54) is 31.4 Å². The zero-order chi connectivity index (χ0) is 13.1. The number of anilines is 1. The Hall–Kier alpha value is -2.70. The van der Waals surface area contributed by atoms with Crippen molar-refractivity contribution in [3.63, 3.8) is 0 Å². The van der Waals surface area contributed by atoms with E-state index in [1.807, 2.05) is 0 Å². The number of aromatic carboxylic acids is 1. The van der Waals surface area contributed by atoms with E-state index in [9.17, 15) is 9.59 Å². The minimum absolute atomic E-state index is 0.0630. The molecule has 2 rings (SSSR count). The van der Waals surface area contributed by atoms with Crippen molar-refractivity contribution in [3.05, 3.63) is 41.4 Å². The Kier molecular flexibility index (Phi) is 3.05. The summed E-state index contributed by atoms with van der Waals surface area (Å²) < 4.78 is 4.56. The van der Waals surface area contributed by atoms with Gasteiger partial charge in [-0.25, -0.2) is 9.78 Å². The standard InChI is InChI=1S/C11H9N3O4/c1-6-7(11(16)17)2-3-8(12-6)10(15)13-9-4-5-18-14-9/h2-5H,1H3,(H,16,17)(H,13,14,15). The van der Waals surface area contributed by atoms with Crippen molar-refractivity contribution in [1.82, 2.24) is 10.1 Å². The van der Waals surface area contributed by atoms with Crippen LogP contribution in [0.5, 0.6) is 0 Å². The number of carboxylic acids is 1. The zero-order valence-corrected chi connectivity index (χ0v) is 9.38. The predicted molar refractivity (Wildman–Crippen MR) is 60.4 cm³/mol. The highest BCUT2D eigenvalue weighted by Gasteiger charge is 2.13. The molecule has 2 aromatic heterocycles. The number of aromatic nitrogens is 2. The second kappa shape index (κ2) is 4.66. The Morgan fingerprint density at radius 2 is 2.11 bits per heavy atom. The van der Waals surface area contributed by atoms with Crippen molar-refractivity contribution in [2.45, 2.75) is 6.92 Å². The van der Waals surface area contributed by atoms with Crippen LogP contribution in [-0.2, 0) is 0 Å². The van der Waals surface area contributed by atoms with Gasteiger partial charge in [0.15, 0.2) is 5.82 Å². The van der Waals surface area contributed by atoms with Crippen LogP contribution in [0.2, 0.25) is 0 Å². The molecule has 0 bridgehead atoms. The normalized spacial score (nSPS) is 10.1. The van der Waals surface area contributed by atoms with Gasteiger partial charge in [0, 0.05) is 6.07 Å². The lowest BCUT2D eigenvalue weighted by Crippen LogP contribution is -2.15. The first-order valence-corrected chi connectivity index (χ1v) is 5.00. The fourth-order valence-corrected chi connectivity index (χ4v) is 1.37. The van der Waals surface area contributed by atoms with E-state index in [0.29, 0.717) is 0 Å². The Morgan fingerprint density at radius 1 is 1.33 bits per heavy atom. The highest BCUT2D eigenvalue weighted by molar-refractivity contribution is 6.02. The van der Waals surface area contributed by atoms with Crippen LogP contribution in [-0.4, -0.2) is 27.1 Å². The maximum absolute atomic E-state index is 11.7. The molecule has 0 aliphatic carbocycles. The quantitative estimate of drug-likeness (QED) is 0.847. The number of pyridine rings is 1. The summed E-state index contributed by atoms with van der Waals surface area (Å²) in [6.07, 6.45) is 1.32. The summed E-state index contributed by atoms with van der Waals surface area (Å²) in [6, 6.07) is 4.16. The molecule has 2 aromatic rings. The van der Waals surface area contributed by atoms with Gasteiger partial charge in [0.25, 0.3) is 5.91 Å². The van der Waals surface area contributed by atoms with Gasteiger partial charge < -0.3 is 14.9 Å². The molecule has 0 spiro atoms. The van der Waals surface area contributed by atoms with Gasteiger partial charge in [-0.05, 0) is 19.1 Å². The monoisotopic (exact) mass is 247 g/mol. The number of nitrogens with one attached hydrogen (secondary N) is 1.